The van der Waals surface area contributed by atoms with Gasteiger partial charge in [0.25, 0.3) is 11.8 Å². The molecule has 3 amide bonds. The first kappa shape index (κ1) is 20.3. The number of carbonyl (C=O) groups excluding carboxylic acids is 3. The van der Waals surface area contributed by atoms with Crippen molar-refractivity contribution in [1.82, 2.24) is 8.01 Å². The summed E-state index contributed by atoms with van der Waals surface area (Å²) in [4.78, 5) is 42.1. The Labute approximate surface area is 191 Å². The molecule has 2 fully saturated rings. The van der Waals surface area contributed by atoms with Crippen LogP contribution in [-0.4, -0.2) is 51.9 Å². The highest BCUT2D eigenvalue weighted by Crippen LogP contribution is 2.48. The molecular weight excluding hydrogens is 512 g/mol. The number of hydrogen-bond donors (Lipinski definition) is 0. The van der Waals surface area contributed by atoms with E-state index in [2.05, 4.69) is 33.3 Å². The molecule has 2 aromatic rings. The van der Waals surface area contributed by atoms with E-state index in [1.165, 1.54) is 5.56 Å². The Bertz CT molecular complexity index is 1100. The molecule has 5 rings (SSSR count). The number of imide groups is 1. The fourth-order valence-electron chi connectivity index (χ4n) is 5.01. The van der Waals surface area contributed by atoms with Gasteiger partial charge in [-0.3, -0.25) is 19.3 Å². The Morgan fingerprint density at radius 2 is 1.83 bits per heavy atom. The maximum atomic E-state index is 13.4. The molecule has 3 heterocycles. The van der Waals surface area contributed by atoms with Crippen LogP contribution in [0.5, 0.6) is 0 Å². The van der Waals surface area contributed by atoms with Gasteiger partial charge in [-0.05, 0) is 62.5 Å². The van der Waals surface area contributed by atoms with Gasteiger partial charge in [0.15, 0.2) is 0 Å². The number of nitrogens with zero attached hydrogens (tertiary/aromatic N) is 3. The van der Waals surface area contributed by atoms with Gasteiger partial charge in [-0.1, -0.05) is 18.2 Å². The van der Waals surface area contributed by atoms with Gasteiger partial charge in [0.1, 0.15) is 6.04 Å². The zero-order valence-electron chi connectivity index (χ0n) is 16.7. The largest absolute Gasteiger partial charge is 0.306 e. The number of rotatable bonds is 2. The van der Waals surface area contributed by atoms with Crippen LogP contribution in [0, 0.1) is 0 Å². The molecule has 30 heavy (non-hydrogen) atoms. The number of carbonyl (C=O) groups is 3. The van der Waals surface area contributed by atoms with Crippen molar-refractivity contribution < 1.29 is 14.4 Å². The van der Waals surface area contributed by atoms with Gasteiger partial charge in [-0.15, -0.1) is 9.24 Å². The summed E-state index contributed by atoms with van der Waals surface area (Å²) in [5.41, 5.74) is 2.68. The molecular formula is C22H23IN3O3P. The molecule has 0 saturated carbocycles. The number of benzene rings is 2. The lowest BCUT2D eigenvalue weighted by Crippen LogP contribution is -2.52. The first-order chi connectivity index (χ1) is 14.3. The van der Waals surface area contributed by atoms with Gasteiger partial charge in [-0.25, -0.2) is 3.11 Å². The average molecular weight is 535 g/mol. The van der Waals surface area contributed by atoms with Crippen LogP contribution in [0.3, 0.4) is 0 Å². The Kier molecular flexibility index (Phi) is 4.91. The van der Waals surface area contributed by atoms with E-state index in [0.717, 1.165) is 45.5 Å². The first-order valence-corrected chi connectivity index (χ1v) is 11.8. The Morgan fingerprint density at radius 1 is 1.10 bits per heavy atom. The molecule has 0 aliphatic carbocycles. The Hall–Kier alpha value is -1.57. The second-order valence-corrected chi connectivity index (χ2v) is 10.6. The third-order valence-electron chi connectivity index (χ3n) is 6.78. The van der Waals surface area contributed by atoms with Crippen LogP contribution in [0.15, 0.2) is 30.3 Å². The minimum Gasteiger partial charge on any atom is -0.306 e. The molecule has 0 spiro atoms. The van der Waals surface area contributed by atoms with Gasteiger partial charge in [0.05, 0.1) is 28.6 Å². The van der Waals surface area contributed by atoms with Crippen molar-refractivity contribution in [1.29, 1.82) is 0 Å². The summed E-state index contributed by atoms with van der Waals surface area (Å²) < 4.78 is 1.13. The first-order valence-electron chi connectivity index (χ1n) is 10.2. The monoisotopic (exact) mass is 535 g/mol. The lowest BCUT2D eigenvalue weighted by atomic mass is 9.84. The summed E-state index contributed by atoms with van der Waals surface area (Å²) in [5, 5.41) is 2.00. The molecule has 0 bridgehead atoms. The van der Waals surface area contributed by atoms with Crippen LogP contribution >= 0.6 is 32.1 Å². The van der Waals surface area contributed by atoms with Crippen molar-refractivity contribution in [3.8, 4) is 0 Å². The summed E-state index contributed by atoms with van der Waals surface area (Å²) in [6.07, 6.45) is 2.71. The van der Waals surface area contributed by atoms with Gasteiger partial charge < -0.3 is 4.90 Å². The third kappa shape index (κ3) is 2.93. The summed E-state index contributed by atoms with van der Waals surface area (Å²) in [6.45, 7) is 2.07. The van der Waals surface area contributed by atoms with Crippen molar-refractivity contribution in [3.05, 3.63) is 41.5 Å². The fraction of sp³-hybridized carbons (Fsp3) is 0.409. The van der Waals surface area contributed by atoms with E-state index in [9.17, 15) is 14.4 Å². The standard InChI is InChI=1S/C22H23IN3O3P/c1-24-11-9-22(30,10-12-24)15-6-5-14-19-13(15)3-2-4-16(19)25(20(14)28)17-7-8-18(27)26(23)21(17)29/h2-6,17H,7-12,30H2,1H3. The minimum absolute atomic E-state index is 0.0216. The summed E-state index contributed by atoms with van der Waals surface area (Å²) in [7, 11) is 5.23. The summed E-state index contributed by atoms with van der Waals surface area (Å²) in [5.74, 6) is -0.664. The average Bonchev–Trinajstić information content (AvgIpc) is 3.03. The minimum atomic E-state index is -0.637. The van der Waals surface area contributed by atoms with Gasteiger partial charge >= 0.3 is 0 Å². The third-order valence-corrected chi connectivity index (χ3v) is 8.69. The predicted molar refractivity (Wildman–Crippen MR) is 128 cm³/mol. The van der Waals surface area contributed by atoms with Crippen LogP contribution in [0.1, 0.15) is 41.6 Å². The predicted octanol–water partition coefficient (Wildman–Crippen LogP) is 3.46. The molecule has 2 saturated heterocycles. The Morgan fingerprint density at radius 3 is 2.57 bits per heavy atom. The van der Waals surface area contributed by atoms with E-state index in [0.29, 0.717) is 12.0 Å². The van der Waals surface area contributed by atoms with Crippen LogP contribution in [0.4, 0.5) is 5.69 Å². The Balaban J connectivity index is 1.62. The second-order valence-electron chi connectivity index (χ2n) is 8.56. The lowest BCUT2D eigenvalue weighted by molar-refractivity contribution is -0.140. The van der Waals surface area contributed by atoms with E-state index in [1.807, 2.05) is 18.2 Å². The number of piperidine rings is 2. The van der Waals surface area contributed by atoms with Gasteiger partial charge in [-0.2, -0.15) is 0 Å². The number of anilines is 1. The fourth-order valence-corrected chi connectivity index (χ4v) is 6.08. The number of hydrogen-bond acceptors (Lipinski definition) is 4. The highest BCUT2D eigenvalue weighted by molar-refractivity contribution is 14.1. The van der Waals surface area contributed by atoms with Crippen molar-refractivity contribution in [2.45, 2.75) is 36.9 Å². The molecule has 3 aliphatic heterocycles. The van der Waals surface area contributed by atoms with E-state index in [-0.39, 0.29) is 29.3 Å². The number of likely N-dealkylation sites (tertiary alicyclic amines) is 1. The zero-order chi connectivity index (χ0) is 21.2. The molecule has 8 heteroatoms. The second kappa shape index (κ2) is 7.24. The number of halogens is 1. The summed E-state index contributed by atoms with van der Waals surface area (Å²) in [6, 6.07) is 9.37. The molecule has 6 nitrogen and oxygen atoms in total. The maximum Gasteiger partial charge on any atom is 0.261 e. The molecule has 2 unspecified atom stereocenters. The van der Waals surface area contributed by atoms with Crippen LogP contribution in [0.2, 0.25) is 0 Å². The van der Waals surface area contributed by atoms with Gasteiger partial charge in [0.2, 0.25) is 5.91 Å². The van der Waals surface area contributed by atoms with Crippen LogP contribution in [0.25, 0.3) is 10.8 Å². The topological polar surface area (TPSA) is 60.9 Å². The van der Waals surface area contributed by atoms with E-state index in [4.69, 9.17) is 0 Å². The van der Waals surface area contributed by atoms with Crippen LogP contribution < -0.4 is 4.90 Å². The molecule has 2 aromatic carbocycles. The SMILES string of the molecule is CN1CCC(P)(c2ccc3c4c(cccc24)N(C2CCC(=O)N(I)C2=O)C3=O)CC1. The molecule has 3 aliphatic rings. The van der Waals surface area contributed by atoms with Crippen molar-refractivity contribution >= 4 is 66.3 Å². The van der Waals surface area contributed by atoms with E-state index in [1.54, 1.807) is 27.8 Å². The highest BCUT2D eigenvalue weighted by Gasteiger charge is 2.44. The molecule has 156 valence electrons. The molecule has 0 radical (unpaired) electrons. The van der Waals surface area contributed by atoms with Crippen molar-refractivity contribution in [3.63, 3.8) is 0 Å². The van der Waals surface area contributed by atoms with Crippen molar-refractivity contribution in [2.75, 3.05) is 25.0 Å². The van der Waals surface area contributed by atoms with E-state index >= 15 is 0 Å². The smallest absolute Gasteiger partial charge is 0.261 e. The van der Waals surface area contributed by atoms with E-state index < -0.39 is 6.04 Å². The highest BCUT2D eigenvalue weighted by atomic mass is 127. The quantitative estimate of drug-likeness (QED) is 0.256. The summed E-state index contributed by atoms with van der Waals surface area (Å²) >= 11 is 1.75. The zero-order valence-corrected chi connectivity index (χ0v) is 20.0. The maximum absolute atomic E-state index is 13.4. The normalized spacial score (nSPS) is 24.2. The van der Waals surface area contributed by atoms with Crippen molar-refractivity contribution in [2.24, 2.45) is 0 Å². The van der Waals surface area contributed by atoms with Gasteiger partial charge in [0, 0.05) is 22.5 Å². The van der Waals surface area contributed by atoms with Crippen LogP contribution in [-0.2, 0) is 14.7 Å². The lowest BCUT2D eigenvalue weighted by Gasteiger charge is -2.38. The molecule has 0 aromatic heterocycles. The molecule has 2 atom stereocenters. The molecule has 0 N–H and O–H groups in total. The number of amides is 3.